The molecule has 3 rings (SSSR count). The van der Waals surface area contributed by atoms with Crippen LogP contribution in [-0.4, -0.2) is 15.9 Å². The predicted octanol–water partition coefficient (Wildman–Crippen LogP) is 5.54. The molecule has 0 bridgehead atoms. The third-order valence-electron chi connectivity index (χ3n) is 3.50. The van der Waals surface area contributed by atoms with Crippen LogP contribution in [0.4, 0.5) is 4.79 Å². The van der Waals surface area contributed by atoms with Crippen molar-refractivity contribution in [1.82, 2.24) is 10.2 Å². The molecule has 3 nitrogen and oxygen atoms in total. The standard InChI is InChI=1S/C17H11Cl3N2OS/c18-11-6-4-10(5-7-11)9-22-16(24)15(21-17(22)23)8-12-13(19)2-1-3-14(12)20/h1-8H,9H2,(H,21,23)/b15-8-. The molecule has 0 unspecified atom stereocenters. The molecule has 1 N–H and O–H groups in total. The van der Waals surface area contributed by atoms with Gasteiger partial charge in [-0.2, -0.15) is 0 Å². The molecule has 0 atom stereocenters. The molecule has 1 heterocycles. The Bertz CT molecular complexity index is 829. The summed E-state index contributed by atoms with van der Waals surface area (Å²) in [6, 6.07) is 12.2. The van der Waals surface area contributed by atoms with Crippen molar-refractivity contribution in [3.8, 4) is 0 Å². The minimum Gasteiger partial charge on any atom is -0.305 e. The predicted molar refractivity (Wildman–Crippen MR) is 103 cm³/mol. The van der Waals surface area contributed by atoms with Crippen LogP contribution >= 0.6 is 47.0 Å². The summed E-state index contributed by atoms with van der Waals surface area (Å²) >= 11 is 23.6. The first-order chi connectivity index (χ1) is 11.5. The number of carbonyl (C=O) groups is 1. The Labute approximate surface area is 159 Å². The monoisotopic (exact) mass is 396 g/mol. The van der Waals surface area contributed by atoms with E-state index in [9.17, 15) is 4.79 Å². The molecule has 2 aromatic rings. The first-order valence-electron chi connectivity index (χ1n) is 6.98. The number of hydrogen-bond acceptors (Lipinski definition) is 2. The lowest BCUT2D eigenvalue weighted by Gasteiger charge is -2.14. The zero-order valence-corrected chi connectivity index (χ0v) is 15.3. The lowest BCUT2D eigenvalue weighted by atomic mass is 10.2. The van der Waals surface area contributed by atoms with Crippen molar-refractivity contribution in [2.75, 3.05) is 0 Å². The Kier molecular flexibility index (Phi) is 5.11. The number of urea groups is 1. The van der Waals surface area contributed by atoms with Crippen molar-refractivity contribution in [3.63, 3.8) is 0 Å². The van der Waals surface area contributed by atoms with Crippen LogP contribution in [0.2, 0.25) is 15.1 Å². The molecule has 0 spiro atoms. The quantitative estimate of drug-likeness (QED) is 0.545. The molecular formula is C17H11Cl3N2OS. The number of benzene rings is 2. The lowest BCUT2D eigenvalue weighted by molar-refractivity contribution is 0.228. The largest absolute Gasteiger partial charge is 0.327 e. The van der Waals surface area contributed by atoms with E-state index in [1.165, 1.54) is 4.90 Å². The number of nitrogens with one attached hydrogen (secondary N) is 1. The summed E-state index contributed by atoms with van der Waals surface area (Å²) in [6.45, 7) is 0.357. The maximum Gasteiger partial charge on any atom is 0.327 e. The second kappa shape index (κ2) is 7.11. The molecule has 1 aliphatic rings. The highest BCUT2D eigenvalue weighted by molar-refractivity contribution is 7.80. The van der Waals surface area contributed by atoms with E-state index >= 15 is 0 Å². The second-order valence-electron chi connectivity index (χ2n) is 5.14. The van der Waals surface area contributed by atoms with Gasteiger partial charge in [0.25, 0.3) is 0 Å². The summed E-state index contributed by atoms with van der Waals surface area (Å²) in [5, 5.41) is 4.37. The molecule has 2 amide bonds. The number of halogens is 3. The van der Waals surface area contributed by atoms with Gasteiger partial charge in [0.05, 0.1) is 12.2 Å². The number of thiocarbonyl (C=S) groups is 1. The van der Waals surface area contributed by atoms with Crippen LogP contribution in [0.1, 0.15) is 11.1 Å². The van der Waals surface area contributed by atoms with Crippen LogP contribution < -0.4 is 5.32 Å². The lowest BCUT2D eigenvalue weighted by Crippen LogP contribution is -2.29. The van der Waals surface area contributed by atoms with Gasteiger partial charge in [-0.3, -0.25) is 4.90 Å². The first kappa shape index (κ1) is 17.2. The van der Waals surface area contributed by atoms with Crippen molar-refractivity contribution < 1.29 is 4.79 Å². The van der Waals surface area contributed by atoms with Crippen molar-refractivity contribution in [3.05, 3.63) is 74.4 Å². The maximum absolute atomic E-state index is 12.2. The third-order valence-corrected chi connectivity index (χ3v) is 4.86. The van der Waals surface area contributed by atoms with E-state index in [1.54, 1.807) is 36.4 Å². The van der Waals surface area contributed by atoms with E-state index in [4.69, 9.17) is 47.0 Å². The van der Waals surface area contributed by atoms with E-state index in [-0.39, 0.29) is 6.03 Å². The van der Waals surface area contributed by atoms with Gasteiger partial charge in [0.15, 0.2) is 0 Å². The van der Waals surface area contributed by atoms with Crippen LogP contribution in [-0.2, 0) is 6.54 Å². The van der Waals surface area contributed by atoms with Crippen LogP contribution in [0.15, 0.2) is 48.2 Å². The molecule has 1 saturated heterocycles. The van der Waals surface area contributed by atoms with Gasteiger partial charge >= 0.3 is 6.03 Å². The van der Waals surface area contributed by atoms with Gasteiger partial charge in [-0.15, -0.1) is 0 Å². The van der Waals surface area contributed by atoms with Crippen molar-refractivity contribution in [1.29, 1.82) is 0 Å². The van der Waals surface area contributed by atoms with E-state index in [0.717, 1.165) is 5.56 Å². The molecule has 7 heteroatoms. The highest BCUT2D eigenvalue weighted by Gasteiger charge is 2.30. The average molecular weight is 398 g/mol. The summed E-state index contributed by atoms with van der Waals surface area (Å²) in [6.07, 6.45) is 1.69. The molecule has 0 aliphatic carbocycles. The SMILES string of the molecule is O=C1N/C(=C\c2c(Cl)cccc2Cl)C(=S)N1Cc1ccc(Cl)cc1. The Morgan fingerprint density at radius 3 is 2.29 bits per heavy atom. The van der Waals surface area contributed by atoms with Gasteiger partial charge in [0.2, 0.25) is 0 Å². The Morgan fingerprint density at radius 2 is 1.67 bits per heavy atom. The molecule has 2 aromatic carbocycles. The number of nitrogens with zero attached hydrogens (tertiary/aromatic N) is 1. The summed E-state index contributed by atoms with van der Waals surface area (Å²) in [4.78, 5) is 14.1. The van der Waals surface area contributed by atoms with Crippen molar-refractivity contribution in [2.45, 2.75) is 6.54 Å². The first-order valence-corrected chi connectivity index (χ1v) is 8.53. The zero-order valence-electron chi connectivity index (χ0n) is 12.2. The van der Waals surface area contributed by atoms with Gasteiger partial charge < -0.3 is 5.32 Å². The highest BCUT2D eigenvalue weighted by atomic mass is 35.5. The summed E-state index contributed by atoms with van der Waals surface area (Å²) < 4.78 is 0. The van der Waals surface area contributed by atoms with Gasteiger partial charge in [0.1, 0.15) is 4.99 Å². The average Bonchev–Trinajstić information content (AvgIpc) is 2.80. The smallest absolute Gasteiger partial charge is 0.305 e. The fraction of sp³-hybridized carbons (Fsp3) is 0.0588. The van der Waals surface area contributed by atoms with E-state index in [1.807, 2.05) is 12.1 Å². The Balaban J connectivity index is 1.86. The fourth-order valence-corrected chi connectivity index (χ4v) is 3.17. The van der Waals surface area contributed by atoms with Gasteiger partial charge in [-0.1, -0.05) is 65.2 Å². The number of carbonyl (C=O) groups excluding carboxylic acids is 1. The van der Waals surface area contributed by atoms with Crippen molar-refractivity contribution in [2.24, 2.45) is 0 Å². The van der Waals surface area contributed by atoms with Gasteiger partial charge in [0, 0.05) is 20.6 Å². The van der Waals surface area contributed by atoms with Crippen molar-refractivity contribution >= 4 is 64.1 Å². The normalized spacial score (nSPS) is 16.0. The number of amides is 2. The summed E-state index contributed by atoms with van der Waals surface area (Å²) in [5.74, 6) is 0. The zero-order chi connectivity index (χ0) is 17.3. The van der Waals surface area contributed by atoms with Crippen LogP contribution in [0, 0.1) is 0 Å². The van der Waals surface area contributed by atoms with E-state index < -0.39 is 0 Å². The molecule has 0 radical (unpaired) electrons. The minimum absolute atomic E-state index is 0.288. The van der Waals surface area contributed by atoms with Crippen LogP contribution in [0.5, 0.6) is 0 Å². The maximum atomic E-state index is 12.2. The van der Waals surface area contributed by atoms with Crippen LogP contribution in [0.3, 0.4) is 0 Å². The van der Waals surface area contributed by atoms with E-state index in [2.05, 4.69) is 5.32 Å². The number of rotatable bonds is 3. The summed E-state index contributed by atoms with van der Waals surface area (Å²) in [7, 11) is 0. The van der Waals surface area contributed by atoms with Gasteiger partial charge in [-0.25, -0.2) is 4.79 Å². The topological polar surface area (TPSA) is 32.3 Å². The fourth-order valence-electron chi connectivity index (χ4n) is 2.28. The molecule has 0 saturated carbocycles. The second-order valence-corrected chi connectivity index (χ2v) is 6.78. The molecule has 0 aromatic heterocycles. The molecule has 24 heavy (non-hydrogen) atoms. The van der Waals surface area contributed by atoms with Gasteiger partial charge in [-0.05, 0) is 35.9 Å². The minimum atomic E-state index is -0.288. The summed E-state index contributed by atoms with van der Waals surface area (Å²) in [5.41, 5.74) is 2.04. The molecule has 122 valence electrons. The van der Waals surface area contributed by atoms with Crippen LogP contribution in [0.25, 0.3) is 6.08 Å². The Morgan fingerprint density at radius 1 is 1.04 bits per heavy atom. The Hall–Kier alpha value is -1.59. The molecular weight excluding hydrogens is 387 g/mol. The highest BCUT2D eigenvalue weighted by Crippen LogP contribution is 2.28. The third kappa shape index (κ3) is 3.57. The molecule has 1 fully saturated rings. The van der Waals surface area contributed by atoms with E-state index in [0.29, 0.717) is 37.9 Å². The number of hydrogen-bond donors (Lipinski definition) is 1. The molecule has 1 aliphatic heterocycles.